The highest BCUT2D eigenvalue weighted by atomic mass is 32.2. The second kappa shape index (κ2) is 11.9. The van der Waals surface area contributed by atoms with Crippen molar-refractivity contribution in [3.8, 4) is 11.5 Å². The van der Waals surface area contributed by atoms with E-state index in [2.05, 4.69) is 143 Å². The molecule has 250 valence electrons. The fourth-order valence-corrected chi connectivity index (χ4v) is 14.2. The maximum atomic E-state index is 14.4. The van der Waals surface area contributed by atoms with Gasteiger partial charge in [-0.15, -0.1) is 0 Å². The number of hydrogen-bond donors (Lipinski definition) is 0. The van der Waals surface area contributed by atoms with Gasteiger partial charge in [-0.3, -0.25) is 0 Å². The van der Waals surface area contributed by atoms with Crippen LogP contribution in [-0.4, -0.2) is 20.3 Å². The second-order valence-electron chi connectivity index (χ2n) is 16.7. The van der Waals surface area contributed by atoms with Gasteiger partial charge < -0.3 is 4.74 Å². The molecule has 4 aliphatic carbocycles. The zero-order valence-corrected chi connectivity index (χ0v) is 31.1. The predicted molar refractivity (Wildman–Crippen MR) is 203 cm³/mol. The Hall–Kier alpha value is -2.78. The molecule has 0 N–H and O–H groups in total. The third kappa shape index (κ3) is 5.33. The SMILES string of the molecule is CN([C@H](c1cccc2c1Oc1c(P(c3ccccc3)c3ccccc3)cccc1C2(C)C)C12CC3CC(CC(C3)C1)C2)[S@](=O)C(C)(C)C. The first-order chi connectivity index (χ1) is 23.0. The van der Waals surface area contributed by atoms with Crippen molar-refractivity contribution in [3.63, 3.8) is 0 Å². The fourth-order valence-electron chi connectivity index (χ4n) is 10.5. The minimum Gasteiger partial charge on any atom is -0.456 e. The third-order valence-electron chi connectivity index (χ3n) is 12.0. The standard InChI is InChI=1S/C43H50NO2PS/c1-41(2,3)48(45)44(6)40(43-26-29-23-30(27-43)25-31(24-29)28-43)34-19-13-20-35-38(34)46-39-36(42(35,4)5)21-14-22-37(39)47(32-15-9-7-10-16-32)33-17-11-8-12-18-33/h7-22,29-31,40H,23-28H2,1-6H3/t29?,30?,31?,40-,43?,48-/m1/s1. The quantitative estimate of drug-likeness (QED) is 0.183. The van der Waals surface area contributed by atoms with E-state index >= 15 is 0 Å². The monoisotopic (exact) mass is 675 g/mol. The van der Waals surface area contributed by atoms with Crippen LogP contribution in [0.5, 0.6) is 11.5 Å². The normalized spacial score (nSPS) is 26.5. The highest BCUT2D eigenvalue weighted by molar-refractivity contribution is 7.84. The van der Waals surface area contributed by atoms with Crippen molar-refractivity contribution in [1.82, 2.24) is 4.31 Å². The molecular weight excluding hydrogens is 626 g/mol. The molecule has 1 heterocycles. The van der Waals surface area contributed by atoms with Crippen molar-refractivity contribution < 1.29 is 8.95 Å². The average molecular weight is 676 g/mol. The van der Waals surface area contributed by atoms with Crippen molar-refractivity contribution in [2.75, 3.05) is 7.05 Å². The molecule has 0 amide bonds. The van der Waals surface area contributed by atoms with Gasteiger partial charge >= 0.3 is 0 Å². The Morgan fingerprint density at radius 1 is 0.729 bits per heavy atom. The molecule has 4 fully saturated rings. The van der Waals surface area contributed by atoms with Crippen LogP contribution in [0.2, 0.25) is 0 Å². The molecule has 0 aromatic heterocycles. The largest absolute Gasteiger partial charge is 0.456 e. The Kier molecular flexibility index (Phi) is 8.06. The van der Waals surface area contributed by atoms with Crippen molar-refractivity contribution >= 4 is 34.8 Å². The molecule has 4 saturated carbocycles. The molecule has 48 heavy (non-hydrogen) atoms. The molecule has 5 heteroatoms. The van der Waals surface area contributed by atoms with Gasteiger partial charge in [-0.2, -0.15) is 0 Å². The molecule has 0 spiro atoms. The summed E-state index contributed by atoms with van der Waals surface area (Å²) in [4.78, 5) is 0. The van der Waals surface area contributed by atoms with E-state index in [1.807, 2.05) is 0 Å². The van der Waals surface area contributed by atoms with E-state index in [0.29, 0.717) is 0 Å². The molecule has 3 nitrogen and oxygen atoms in total. The van der Waals surface area contributed by atoms with E-state index in [9.17, 15) is 4.21 Å². The summed E-state index contributed by atoms with van der Waals surface area (Å²) in [5, 5.41) is 3.89. The van der Waals surface area contributed by atoms with E-state index in [1.165, 1.54) is 71.1 Å². The Morgan fingerprint density at radius 2 is 1.23 bits per heavy atom. The van der Waals surface area contributed by atoms with E-state index in [1.54, 1.807) is 0 Å². The van der Waals surface area contributed by atoms with Gasteiger partial charge in [0.05, 0.1) is 10.8 Å². The van der Waals surface area contributed by atoms with Crippen LogP contribution in [0.15, 0.2) is 97.1 Å². The summed E-state index contributed by atoms with van der Waals surface area (Å²) in [7, 11) is 0.108. The zero-order valence-electron chi connectivity index (χ0n) is 29.4. The molecule has 0 unspecified atom stereocenters. The van der Waals surface area contributed by atoms with Gasteiger partial charge in [0, 0.05) is 34.5 Å². The van der Waals surface area contributed by atoms with Crippen LogP contribution in [0, 0.1) is 23.2 Å². The number of ether oxygens (including phenoxy) is 1. The van der Waals surface area contributed by atoms with E-state index in [4.69, 9.17) is 4.74 Å². The van der Waals surface area contributed by atoms with E-state index in [0.717, 1.165) is 29.3 Å². The molecular formula is C43H50NO2PS. The smallest absolute Gasteiger partial charge is 0.139 e. The Morgan fingerprint density at radius 3 is 1.75 bits per heavy atom. The zero-order chi connectivity index (χ0) is 33.4. The first-order valence-corrected chi connectivity index (χ1v) is 20.4. The number of hydrogen-bond acceptors (Lipinski definition) is 2. The number of fused-ring (bicyclic) bond motifs is 2. The molecule has 5 aliphatic rings. The summed E-state index contributed by atoms with van der Waals surface area (Å²) in [5.74, 6) is 4.38. The summed E-state index contributed by atoms with van der Waals surface area (Å²) in [6.07, 6.45) is 7.85. The van der Waals surface area contributed by atoms with Gasteiger partial charge in [-0.05, 0) is 101 Å². The van der Waals surface area contributed by atoms with E-state index in [-0.39, 0.29) is 21.6 Å². The molecule has 4 aromatic carbocycles. The van der Waals surface area contributed by atoms with Crippen molar-refractivity contribution in [2.45, 2.75) is 89.3 Å². The van der Waals surface area contributed by atoms with E-state index < -0.39 is 18.9 Å². The lowest BCUT2D eigenvalue weighted by atomic mass is 9.47. The van der Waals surface area contributed by atoms with Crippen LogP contribution in [-0.2, 0) is 16.4 Å². The summed E-state index contributed by atoms with van der Waals surface area (Å²) >= 11 is 0. The van der Waals surface area contributed by atoms with Crippen LogP contribution in [0.1, 0.15) is 95.9 Å². The topological polar surface area (TPSA) is 29.5 Å². The van der Waals surface area contributed by atoms with Gasteiger partial charge in [0.2, 0.25) is 0 Å². The Balaban J connectivity index is 1.32. The van der Waals surface area contributed by atoms with Crippen LogP contribution in [0.4, 0.5) is 0 Å². The lowest BCUT2D eigenvalue weighted by Gasteiger charge is -2.61. The van der Waals surface area contributed by atoms with Gasteiger partial charge in [0.1, 0.15) is 22.5 Å². The summed E-state index contributed by atoms with van der Waals surface area (Å²) in [6, 6.07) is 35.6. The van der Waals surface area contributed by atoms with Gasteiger partial charge in [-0.1, -0.05) is 111 Å². The summed E-state index contributed by atoms with van der Waals surface area (Å²) < 4.78 is 23.8. The number of benzene rings is 4. The fraction of sp³-hybridized carbons (Fsp3) is 0.442. The third-order valence-corrected chi connectivity index (χ3v) is 16.2. The molecule has 0 radical (unpaired) electrons. The Labute approximate surface area is 291 Å². The second-order valence-corrected chi connectivity index (χ2v) is 21.2. The van der Waals surface area contributed by atoms with Crippen molar-refractivity contribution in [2.24, 2.45) is 23.2 Å². The summed E-state index contributed by atoms with van der Waals surface area (Å²) in [6.45, 7) is 11.1. The van der Waals surface area contributed by atoms with Crippen molar-refractivity contribution in [1.29, 1.82) is 0 Å². The molecule has 4 bridgehead atoms. The van der Waals surface area contributed by atoms with Gasteiger partial charge in [0.15, 0.2) is 0 Å². The maximum absolute atomic E-state index is 14.4. The number of rotatable bonds is 7. The first kappa shape index (κ1) is 32.4. The average Bonchev–Trinajstić information content (AvgIpc) is 3.05. The summed E-state index contributed by atoms with van der Waals surface area (Å²) in [5.41, 5.74) is 3.54. The molecule has 0 saturated heterocycles. The number of nitrogens with zero attached hydrogens (tertiary/aromatic N) is 1. The van der Waals surface area contributed by atoms with Crippen LogP contribution >= 0.6 is 7.92 Å². The highest BCUT2D eigenvalue weighted by Gasteiger charge is 2.57. The van der Waals surface area contributed by atoms with Crippen molar-refractivity contribution in [3.05, 3.63) is 114 Å². The highest BCUT2D eigenvalue weighted by Crippen LogP contribution is 2.66. The molecule has 4 aromatic rings. The van der Waals surface area contributed by atoms with Crippen LogP contribution < -0.4 is 20.7 Å². The van der Waals surface area contributed by atoms with Crippen LogP contribution in [0.25, 0.3) is 0 Å². The molecule has 9 rings (SSSR count). The van der Waals surface area contributed by atoms with Gasteiger partial charge in [0.25, 0.3) is 0 Å². The van der Waals surface area contributed by atoms with Crippen LogP contribution in [0.3, 0.4) is 0 Å². The lowest BCUT2D eigenvalue weighted by molar-refractivity contribution is -0.0865. The lowest BCUT2D eigenvalue weighted by Crippen LogP contribution is -2.53. The number of para-hydroxylation sites is 2. The first-order valence-electron chi connectivity index (χ1n) is 18.0. The maximum Gasteiger partial charge on any atom is 0.139 e. The minimum atomic E-state index is -1.17. The predicted octanol–water partition coefficient (Wildman–Crippen LogP) is 9.53. The minimum absolute atomic E-state index is 0.0233. The molecule has 1 aliphatic heterocycles. The molecule has 2 atom stereocenters. The van der Waals surface area contributed by atoms with Gasteiger partial charge in [-0.25, -0.2) is 8.51 Å². The Bertz CT molecular complexity index is 1770.